The number of imide groups is 1. The average Bonchev–Trinajstić information content (AvgIpc) is 3.29. The van der Waals surface area contributed by atoms with Gasteiger partial charge in [0.15, 0.2) is 19.3 Å². The molecule has 5 rings (SSSR count). The van der Waals surface area contributed by atoms with E-state index in [0.717, 1.165) is 0 Å². The Bertz CT molecular complexity index is 1500. The quantitative estimate of drug-likeness (QED) is 0.0528. The molecule has 224 valence electrons. The molecule has 0 bridgehead atoms. The van der Waals surface area contributed by atoms with E-state index in [1.165, 1.54) is 11.4 Å². The molecule has 17 heteroatoms. The van der Waals surface area contributed by atoms with Crippen LogP contribution in [0.5, 0.6) is 17.2 Å². The second-order valence-electron chi connectivity index (χ2n) is 10.5. The van der Waals surface area contributed by atoms with Gasteiger partial charge in [0.25, 0.3) is 23.5 Å². The Morgan fingerprint density at radius 2 is 1.62 bits per heavy atom. The fourth-order valence-electron chi connectivity index (χ4n) is 5.39. The number of nitrogens with one attached hydrogen (secondary N) is 2. The Balaban J connectivity index is 1.48. The average molecular weight is 590 g/mol. The number of phenols is 3. The first-order valence-electron chi connectivity index (χ1n) is 12.8. The van der Waals surface area contributed by atoms with Gasteiger partial charge in [-0.2, -0.15) is 0 Å². The number of hydrogen-bond donors (Lipinski definition) is 9. The van der Waals surface area contributed by atoms with Crippen molar-refractivity contribution in [2.45, 2.75) is 36.6 Å². The second-order valence-corrected chi connectivity index (χ2v) is 10.5. The first-order chi connectivity index (χ1) is 19.6. The van der Waals surface area contributed by atoms with Crippen molar-refractivity contribution in [2.75, 3.05) is 31.6 Å². The number of rotatable bonds is 6. The molecule has 0 radical (unpaired) electrons. The number of aliphatic hydroxyl groups is 4. The fourth-order valence-corrected chi connectivity index (χ4v) is 5.39. The van der Waals surface area contributed by atoms with Crippen molar-refractivity contribution < 1.29 is 59.3 Å². The maximum Gasteiger partial charge on any atom is 0.289 e. The van der Waals surface area contributed by atoms with E-state index in [-0.39, 0.29) is 28.3 Å². The zero-order chi connectivity index (χ0) is 30.8. The van der Waals surface area contributed by atoms with Crippen molar-refractivity contribution in [1.29, 1.82) is 0 Å². The lowest BCUT2D eigenvalue weighted by Crippen LogP contribution is -2.86. The van der Waals surface area contributed by atoms with Crippen molar-refractivity contribution >= 4 is 31.3 Å². The molecule has 3 aliphatic rings. The molecule has 2 unspecified atom stereocenters. The number of hydrogen-bond acceptors (Lipinski definition) is 13. The highest BCUT2D eigenvalue weighted by Crippen LogP contribution is 2.51. The molecule has 3 amide bonds. The number of nitrogens with zero attached hydrogens (tertiary/aromatic N) is 2. The lowest BCUT2D eigenvalue weighted by molar-refractivity contribution is -0.302. The van der Waals surface area contributed by atoms with E-state index in [1.807, 2.05) is 4.90 Å². The van der Waals surface area contributed by atoms with E-state index >= 15 is 4.39 Å². The van der Waals surface area contributed by atoms with Gasteiger partial charge in [-0.3, -0.25) is 29.5 Å². The lowest BCUT2D eigenvalue weighted by Gasteiger charge is -2.52. The molecule has 2 saturated heterocycles. The summed E-state index contributed by atoms with van der Waals surface area (Å²) in [6, 6.07) is 4.70. The van der Waals surface area contributed by atoms with E-state index in [9.17, 15) is 50.1 Å². The summed E-state index contributed by atoms with van der Waals surface area (Å²) in [7, 11) is 0.528. The number of phenolic OH excluding ortho intramolecular Hbond substituents is 3. The van der Waals surface area contributed by atoms with Crippen LogP contribution in [0.25, 0.3) is 0 Å². The topological polar surface area (TPSA) is 233 Å². The van der Waals surface area contributed by atoms with Crippen molar-refractivity contribution in [2.24, 2.45) is 0 Å². The zero-order valence-electron chi connectivity index (χ0n) is 22.2. The van der Waals surface area contributed by atoms with E-state index in [4.69, 9.17) is 4.74 Å². The number of halogens is 1. The highest BCUT2D eigenvalue weighted by atomic mass is 19.1. The van der Waals surface area contributed by atoms with Gasteiger partial charge in [-0.25, -0.2) is 4.39 Å². The largest absolute Gasteiger partial charge is 0.504 e. The summed E-state index contributed by atoms with van der Waals surface area (Å²) < 4.78 is 20.7. The zero-order valence-corrected chi connectivity index (χ0v) is 22.2. The van der Waals surface area contributed by atoms with Crippen LogP contribution in [0, 0.1) is 5.82 Å². The number of piperidine rings is 1. The van der Waals surface area contributed by atoms with E-state index in [2.05, 4.69) is 5.32 Å². The Morgan fingerprint density at radius 1 is 0.976 bits per heavy atom. The second kappa shape index (κ2) is 10.1. The SMILES string of the molecule is BC1(O)C(O)(O)C(=O)NC(=O)C1(O)N1Cc2c(NCc3cccc(CN4CCOCC4)c3F)c(O)c(O)c(O)c2C1=O. The van der Waals surface area contributed by atoms with Crippen molar-refractivity contribution in [1.82, 2.24) is 15.1 Å². The molecule has 0 spiro atoms. The van der Waals surface area contributed by atoms with E-state index < -0.39 is 69.9 Å². The first-order valence-corrected chi connectivity index (χ1v) is 12.8. The molecular formula is C25H28BFN4O11. The van der Waals surface area contributed by atoms with Gasteiger partial charge in [0.05, 0.1) is 31.0 Å². The van der Waals surface area contributed by atoms with Gasteiger partial charge in [-0.15, -0.1) is 0 Å². The van der Waals surface area contributed by atoms with E-state index in [1.54, 1.807) is 12.1 Å². The molecule has 0 aromatic heterocycles. The van der Waals surface area contributed by atoms with Gasteiger partial charge in [0.2, 0.25) is 11.5 Å². The van der Waals surface area contributed by atoms with Gasteiger partial charge in [-0.1, -0.05) is 18.2 Å². The summed E-state index contributed by atoms with van der Waals surface area (Å²) in [5.41, 5.74) is -7.79. The van der Waals surface area contributed by atoms with Crippen LogP contribution in [0.15, 0.2) is 18.2 Å². The fraction of sp³-hybridized carbons (Fsp3) is 0.400. The predicted octanol–water partition coefficient (Wildman–Crippen LogP) is -3.31. The molecule has 15 nitrogen and oxygen atoms in total. The molecule has 0 saturated carbocycles. The number of carbonyl (C=O) groups excluding carboxylic acids is 3. The van der Waals surface area contributed by atoms with Gasteiger partial charge in [-0.05, 0) is 0 Å². The van der Waals surface area contributed by atoms with E-state index in [0.29, 0.717) is 46.3 Å². The number of morpholine rings is 1. The highest BCUT2D eigenvalue weighted by molar-refractivity contribution is 6.25. The summed E-state index contributed by atoms with van der Waals surface area (Å²) in [4.78, 5) is 40.4. The molecule has 3 aliphatic heterocycles. The number of ether oxygens (including phenoxy) is 1. The highest BCUT2D eigenvalue weighted by Gasteiger charge is 2.73. The summed E-state index contributed by atoms with van der Waals surface area (Å²) in [5, 5.41) is 78.2. The van der Waals surface area contributed by atoms with Gasteiger partial charge in [0, 0.05) is 42.9 Å². The lowest BCUT2D eigenvalue weighted by atomic mass is 9.63. The maximum absolute atomic E-state index is 15.4. The first kappa shape index (κ1) is 29.5. The van der Waals surface area contributed by atoms with Crippen LogP contribution in [0.4, 0.5) is 10.1 Å². The molecule has 2 fully saturated rings. The van der Waals surface area contributed by atoms with Crippen LogP contribution in [0.1, 0.15) is 27.0 Å². The van der Waals surface area contributed by atoms with Crippen LogP contribution in [-0.4, -0.2) is 114 Å². The Morgan fingerprint density at radius 3 is 2.29 bits per heavy atom. The molecule has 2 aromatic rings. The number of anilines is 1. The van der Waals surface area contributed by atoms with Crippen LogP contribution < -0.4 is 10.6 Å². The minimum absolute atomic E-state index is 0.139. The number of amides is 3. The van der Waals surface area contributed by atoms with Gasteiger partial charge < -0.3 is 45.8 Å². The van der Waals surface area contributed by atoms with Crippen LogP contribution >= 0.6 is 0 Å². The Labute approximate surface area is 237 Å². The minimum atomic E-state index is -3.76. The summed E-state index contributed by atoms with van der Waals surface area (Å²) in [6.45, 7) is 1.45. The molecule has 42 heavy (non-hydrogen) atoms. The molecular weight excluding hydrogens is 562 g/mol. The third kappa shape index (κ3) is 4.16. The Hall–Kier alpha value is -4.00. The third-order valence-electron chi connectivity index (χ3n) is 8.02. The van der Waals surface area contributed by atoms with Crippen LogP contribution in [0.2, 0.25) is 0 Å². The van der Waals surface area contributed by atoms with Crippen molar-refractivity contribution in [3.63, 3.8) is 0 Å². The number of aromatic hydroxyl groups is 3. The Kier molecular flexibility index (Phi) is 7.08. The smallest absolute Gasteiger partial charge is 0.289 e. The van der Waals surface area contributed by atoms with Crippen molar-refractivity contribution in [3.8, 4) is 17.2 Å². The standard InChI is InChI=1S/C25H28BFN4O11/c26-25(41)23(38,21(36)29-22(37)24(25,39)40)31-10-13-14(20(31)35)17(32)19(34)18(33)16(13)28-8-11-2-1-3-12(15(11)27)9-30-4-6-42-7-5-30/h1-3,28,32-34,38-41H,4-10,26H2,(H,29,36,37). The van der Waals surface area contributed by atoms with Crippen LogP contribution in [-0.2, 0) is 34.0 Å². The summed E-state index contributed by atoms with van der Waals surface area (Å²) in [6.07, 6.45) is 0. The number of carbonyl (C=O) groups is 3. The molecule has 3 heterocycles. The normalized spacial score (nSPS) is 25.8. The van der Waals surface area contributed by atoms with Crippen LogP contribution in [0.3, 0.4) is 0 Å². The molecule has 2 aromatic carbocycles. The monoisotopic (exact) mass is 590 g/mol. The summed E-state index contributed by atoms with van der Waals surface area (Å²) in [5.74, 6) is -12.4. The number of fused-ring (bicyclic) bond motifs is 1. The van der Waals surface area contributed by atoms with Crippen molar-refractivity contribution in [3.05, 3.63) is 46.3 Å². The molecule has 0 aliphatic carbocycles. The van der Waals surface area contributed by atoms with Gasteiger partial charge in [0.1, 0.15) is 11.3 Å². The third-order valence-corrected chi connectivity index (χ3v) is 8.02. The molecule has 2 atom stereocenters. The molecule has 9 N–H and O–H groups in total. The maximum atomic E-state index is 15.4. The number of benzene rings is 2. The van der Waals surface area contributed by atoms with Gasteiger partial charge >= 0.3 is 0 Å². The summed E-state index contributed by atoms with van der Waals surface area (Å²) >= 11 is 0. The predicted molar refractivity (Wildman–Crippen MR) is 140 cm³/mol. The minimum Gasteiger partial charge on any atom is -0.504 e.